The molecule has 1 aromatic rings. The maximum atomic E-state index is 12.9. The highest BCUT2D eigenvalue weighted by Crippen LogP contribution is 2.16. The summed E-state index contributed by atoms with van der Waals surface area (Å²) in [4.78, 5) is 14.2. The van der Waals surface area contributed by atoms with Crippen LogP contribution in [0.3, 0.4) is 0 Å². The second-order valence-corrected chi connectivity index (χ2v) is 3.38. The summed E-state index contributed by atoms with van der Waals surface area (Å²) in [5.74, 6) is -0.270. The third-order valence-corrected chi connectivity index (χ3v) is 1.88. The zero-order chi connectivity index (χ0) is 12.8. The summed E-state index contributed by atoms with van der Waals surface area (Å²) in [5.41, 5.74) is 10.7. The molecule has 7 heteroatoms. The molecule has 0 saturated heterocycles. The molecule has 94 valence electrons. The summed E-state index contributed by atoms with van der Waals surface area (Å²) in [6, 6.07) is 1.24. The van der Waals surface area contributed by atoms with Crippen molar-refractivity contribution in [1.82, 2.24) is 4.98 Å². The smallest absolute Gasteiger partial charge is 0.404 e. The lowest BCUT2D eigenvalue weighted by molar-refractivity contribution is 0.0931. The molecule has 1 aromatic heterocycles. The Labute approximate surface area is 97.7 Å². The van der Waals surface area contributed by atoms with Gasteiger partial charge in [0.1, 0.15) is 18.5 Å². The minimum absolute atomic E-state index is 0.0155. The number of amides is 1. The highest BCUT2D eigenvalue weighted by molar-refractivity contribution is 5.64. The van der Waals surface area contributed by atoms with Crippen LogP contribution in [-0.2, 0) is 11.3 Å². The number of halogens is 1. The first-order valence-corrected chi connectivity index (χ1v) is 4.96. The van der Waals surface area contributed by atoms with Gasteiger partial charge in [0.25, 0.3) is 0 Å². The van der Waals surface area contributed by atoms with Crippen molar-refractivity contribution in [2.75, 3.05) is 6.61 Å². The van der Waals surface area contributed by atoms with E-state index < -0.39 is 18.0 Å². The Hall–Kier alpha value is -1.89. The second kappa shape index (κ2) is 6.00. The molecule has 0 bridgehead atoms. The van der Waals surface area contributed by atoms with Gasteiger partial charge < -0.3 is 20.9 Å². The first kappa shape index (κ1) is 13.2. The summed E-state index contributed by atoms with van der Waals surface area (Å²) in [7, 11) is 0. The fourth-order valence-electron chi connectivity index (χ4n) is 1.15. The Bertz CT molecular complexity index is 400. The number of primary amides is 1. The van der Waals surface area contributed by atoms with Crippen molar-refractivity contribution < 1.29 is 18.7 Å². The highest BCUT2D eigenvalue weighted by atomic mass is 19.1. The van der Waals surface area contributed by atoms with E-state index in [1.54, 1.807) is 6.92 Å². The molecule has 1 amide bonds. The van der Waals surface area contributed by atoms with Gasteiger partial charge in [-0.25, -0.2) is 14.2 Å². The van der Waals surface area contributed by atoms with Gasteiger partial charge in [0.15, 0.2) is 0 Å². The molecule has 1 heterocycles. The normalized spacial score (nSPS) is 11.9. The van der Waals surface area contributed by atoms with Crippen LogP contribution in [0.2, 0.25) is 0 Å². The summed E-state index contributed by atoms with van der Waals surface area (Å²) >= 11 is 0. The van der Waals surface area contributed by atoms with Crippen molar-refractivity contribution in [1.29, 1.82) is 0 Å². The fraction of sp³-hybridized carbons (Fsp3) is 0.400. The van der Waals surface area contributed by atoms with Gasteiger partial charge in [-0.15, -0.1) is 0 Å². The number of pyridine rings is 1. The van der Waals surface area contributed by atoms with Crippen LogP contribution < -0.4 is 16.2 Å². The number of carbonyl (C=O) groups excluding carboxylic acids is 1. The van der Waals surface area contributed by atoms with Crippen molar-refractivity contribution in [3.8, 4) is 5.88 Å². The van der Waals surface area contributed by atoms with Crippen molar-refractivity contribution in [2.45, 2.75) is 19.6 Å². The Morgan fingerprint density at radius 1 is 1.65 bits per heavy atom. The standard InChI is InChI=1S/C10H14FN3O3/c1-6(5-16-10(13)15)17-9-7(3-12)2-8(11)4-14-9/h2,4,6H,3,5,12H2,1H3,(H2,13,15)/t6-/m0/s1. The molecule has 1 atom stereocenters. The lowest BCUT2D eigenvalue weighted by Gasteiger charge is -2.15. The number of ether oxygens (including phenoxy) is 2. The number of hydrogen-bond donors (Lipinski definition) is 2. The Kier molecular flexibility index (Phi) is 4.65. The van der Waals surface area contributed by atoms with Crippen LogP contribution in [0.25, 0.3) is 0 Å². The van der Waals surface area contributed by atoms with E-state index in [4.69, 9.17) is 16.2 Å². The minimum atomic E-state index is -0.883. The van der Waals surface area contributed by atoms with Crippen molar-refractivity contribution in [2.24, 2.45) is 11.5 Å². The molecular weight excluding hydrogens is 229 g/mol. The molecule has 0 aliphatic carbocycles. The topological polar surface area (TPSA) is 100 Å². The van der Waals surface area contributed by atoms with Crippen LogP contribution in [0.15, 0.2) is 12.3 Å². The molecule has 0 aliphatic heterocycles. The number of nitrogens with two attached hydrogens (primary N) is 2. The van der Waals surface area contributed by atoms with Crippen LogP contribution >= 0.6 is 0 Å². The number of carbonyl (C=O) groups is 1. The zero-order valence-electron chi connectivity index (χ0n) is 9.35. The van der Waals surface area contributed by atoms with E-state index in [2.05, 4.69) is 9.72 Å². The summed E-state index contributed by atoms with van der Waals surface area (Å²) < 4.78 is 22.8. The molecule has 1 rings (SSSR count). The summed E-state index contributed by atoms with van der Waals surface area (Å²) in [6.07, 6.45) is -0.312. The summed E-state index contributed by atoms with van der Waals surface area (Å²) in [6.45, 7) is 1.75. The predicted molar refractivity (Wildman–Crippen MR) is 57.7 cm³/mol. The largest absolute Gasteiger partial charge is 0.471 e. The van der Waals surface area contributed by atoms with E-state index in [-0.39, 0.29) is 19.0 Å². The molecule has 0 fully saturated rings. The molecule has 0 spiro atoms. The molecule has 0 unspecified atom stereocenters. The highest BCUT2D eigenvalue weighted by Gasteiger charge is 2.11. The SMILES string of the molecule is C[C@@H](COC(N)=O)Oc1ncc(F)cc1CN. The molecule has 0 saturated carbocycles. The number of nitrogens with zero attached hydrogens (tertiary/aromatic N) is 1. The third kappa shape index (κ3) is 4.23. The predicted octanol–water partition coefficient (Wildman–Crippen LogP) is 0.542. The molecule has 0 aliphatic rings. The van der Waals surface area contributed by atoms with Gasteiger partial charge in [-0.05, 0) is 13.0 Å². The van der Waals surface area contributed by atoms with Crippen LogP contribution in [0.1, 0.15) is 12.5 Å². The first-order valence-electron chi connectivity index (χ1n) is 4.96. The van der Waals surface area contributed by atoms with Gasteiger partial charge >= 0.3 is 6.09 Å². The monoisotopic (exact) mass is 243 g/mol. The molecule has 17 heavy (non-hydrogen) atoms. The zero-order valence-corrected chi connectivity index (χ0v) is 9.35. The van der Waals surface area contributed by atoms with Crippen molar-refractivity contribution in [3.05, 3.63) is 23.6 Å². The van der Waals surface area contributed by atoms with E-state index in [1.165, 1.54) is 6.07 Å². The van der Waals surface area contributed by atoms with E-state index in [1.807, 2.05) is 0 Å². The van der Waals surface area contributed by atoms with Gasteiger partial charge in [0, 0.05) is 12.1 Å². The molecular formula is C10H14FN3O3. The minimum Gasteiger partial charge on any atom is -0.471 e. The van der Waals surface area contributed by atoms with E-state index in [9.17, 15) is 9.18 Å². The summed E-state index contributed by atoms with van der Waals surface area (Å²) in [5, 5.41) is 0. The molecule has 6 nitrogen and oxygen atoms in total. The number of rotatable bonds is 5. The second-order valence-electron chi connectivity index (χ2n) is 3.38. The quantitative estimate of drug-likeness (QED) is 0.786. The van der Waals surface area contributed by atoms with Gasteiger partial charge in [0.2, 0.25) is 5.88 Å². The van der Waals surface area contributed by atoms with Crippen molar-refractivity contribution in [3.63, 3.8) is 0 Å². The first-order chi connectivity index (χ1) is 8.02. The molecule has 0 radical (unpaired) electrons. The van der Waals surface area contributed by atoms with Gasteiger partial charge in [-0.2, -0.15) is 0 Å². The lowest BCUT2D eigenvalue weighted by atomic mass is 10.2. The van der Waals surface area contributed by atoms with E-state index >= 15 is 0 Å². The molecule has 0 aromatic carbocycles. The van der Waals surface area contributed by atoms with Crippen LogP contribution in [0, 0.1) is 5.82 Å². The maximum absolute atomic E-state index is 12.9. The lowest BCUT2D eigenvalue weighted by Crippen LogP contribution is -2.25. The van der Waals surface area contributed by atoms with E-state index in [0.29, 0.717) is 5.56 Å². The van der Waals surface area contributed by atoms with Gasteiger partial charge in [-0.1, -0.05) is 0 Å². The van der Waals surface area contributed by atoms with Crippen molar-refractivity contribution >= 4 is 6.09 Å². The average Bonchev–Trinajstić information content (AvgIpc) is 2.28. The van der Waals surface area contributed by atoms with Gasteiger partial charge in [-0.3, -0.25) is 0 Å². The van der Waals surface area contributed by atoms with E-state index in [0.717, 1.165) is 6.20 Å². The van der Waals surface area contributed by atoms with Crippen LogP contribution in [0.5, 0.6) is 5.88 Å². The Morgan fingerprint density at radius 2 is 2.35 bits per heavy atom. The van der Waals surface area contributed by atoms with Gasteiger partial charge in [0.05, 0.1) is 6.20 Å². The van der Waals surface area contributed by atoms with Crippen LogP contribution in [-0.4, -0.2) is 23.8 Å². The number of aromatic nitrogens is 1. The third-order valence-electron chi connectivity index (χ3n) is 1.88. The van der Waals surface area contributed by atoms with Crippen LogP contribution in [0.4, 0.5) is 9.18 Å². The Morgan fingerprint density at radius 3 is 2.94 bits per heavy atom. The maximum Gasteiger partial charge on any atom is 0.404 e. The Balaban J connectivity index is 2.64. The fourth-order valence-corrected chi connectivity index (χ4v) is 1.15. The average molecular weight is 243 g/mol. The molecule has 4 N–H and O–H groups in total. The number of hydrogen-bond acceptors (Lipinski definition) is 5.